The van der Waals surface area contributed by atoms with Crippen LogP contribution in [-0.4, -0.2) is 8.07 Å². The molecular formula is C11H22Si. The Morgan fingerprint density at radius 3 is 2.17 bits per heavy atom. The van der Waals surface area contributed by atoms with Gasteiger partial charge in [-0.15, -0.1) is 12.3 Å². The Balaban J connectivity index is 3.79. The van der Waals surface area contributed by atoms with E-state index in [1.165, 1.54) is 25.7 Å². The van der Waals surface area contributed by atoms with Crippen molar-refractivity contribution in [3.8, 4) is 12.3 Å². The van der Waals surface area contributed by atoms with E-state index in [1.54, 1.807) is 0 Å². The van der Waals surface area contributed by atoms with Crippen LogP contribution >= 0.6 is 0 Å². The summed E-state index contributed by atoms with van der Waals surface area (Å²) in [7, 11) is -1.07. The highest BCUT2D eigenvalue weighted by Crippen LogP contribution is 2.26. The van der Waals surface area contributed by atoms with Crippen molar-refractivity contribution in [2.24, 2.45) is 0 Å². The Hall–Kier alpha value is -0.223. The lowest BCUT2D eigenvalue weighted by Gasteiger charge is -2.23. The summed E-state index contributed by atoms with van der Waals surface area (Å²) in [6, 6.07) is 0. The van der Waals surface area contributed by atoms with Gasteiger partial charge in [0, 0.05) is 5.54 Å². The van der Waals surface area contributed by atoms with Gasteiger partial charge in [0.2, 0.25) is 0 Å². The molecule has 0 radical (unpaired) electrons. The lowest BCUT2D eigenvalue weighted by Crippen LogP contribution is -2.27. The highest BCUT2D eigenvalue weighted by molar-refractivity contribution is 6.78. The van der Waals surface area contributed by atoms with Gasteiger partial charge < -0.3 is 0 Å². The molecule has 0 nitrogen and oxygen atoms in total. The zero-order chi connectivity index (χ0) is 9.61. The third-order valence-electron chi connectivity index (χ3n) is 2.34. The van der Waals surface area contributed by atoms with Crippen LogP contribution in [0.4, 0.5) is 0 Å². The van der Waals surface area contributed by atoms with E-state index < -0.39 is 8.07 Å². The number of unbranched alkanes of at least 4 members (excludes halogenated alkanes) is 2. The zero-order valence-electron chi connectivity index (χ0n) is 8.98. The van der Waals surface area contributed by atoms with Gasteiger partial charge in [0.15, 0.2) is 0 Å². The Labute approximate surface area is 78.8 Å². The predicted octanol–water partition coefficient (Wildman–Crippen LogP) is 3.91. The third kappa shape index (κ3) is 4.61. The van der Waals surface area contributed by atoms with Gasteiger partial charge in [-0.25, -0.2) is 0 Å². The summed E-state index contributed by atoms with van der Waals surface area (Å²) < 4.78 is 0. The van der Waals surface area contributed by atoms with E-state index in [-0.39, 0.29) is 0 Å². The average molecular weight is 182 g/mol. The van der Waals surface area contributed by atoms with Crippen LogP contribution in [0.1, 0.15) is 32.6 Å². The lowest BCUT2D eigenvalue weighted by atomic mass is 10.1. The van der Waals surface area contributed by atoms with E-state index in [1.807, 2.05) is 0 Å². The Morgan fingerprint density at radius 2 is 1.83 bits per heavy atom. The molecule has 0 amide bonds. The minimum absolute atomic E-state index is 0.587. The first-order chi connectivity index (χ1) is 5.52. The zero-order valence-corrected chi connectivity index (χ0v) is 9.98. The van der Waals surface area contributed by atoms with Gasteiger partial charge in [-0.05, 0) is 6.42 Å². The van der Waals surface area contributed by atoms with Crippen LogP contribution in [0.2, 0.25) is 25.2 Å². The van der Waals surface area contributed by atoms with Gasteiger partial charge >= 0.3 is 0 Å². The molecule has 0 aliphatic carbocycles. The topological polar surface area (TPSA) is 0 Å². The second-order valence-electron chi connectivity index (χ2n) is 4.58. The summed E-state index contributed by atoms with van der Waals surface area (Å²) in [5, 5.41) is 0. The Kier molecular flexibility index (Phi) is 5.33. The van der Waals surface area contributed by atoms with E-state index >= 15 is 0 Å². The van der Waals surface area contributed by atoms with Gasteiger partial charge in [0.05, 0.1) is 8.07 Å². The summed E-state index contributed by atoms with van der Waals surface area (Å²) in [5.74, 6) is 2.96. The molecule has 0 N–H and O–H groups in total. The molecule has 0 saturated carbocycles. The van der Waals surface area contributed by atoms with Gasteiger partial charge in [-0.3, -0.25) is 0 Å². The molecule has 1 unspecified atom stereocenters. The largest absolute Gasteiger partial charge is 0.120 e. The molecule has 1 atom stereocenters. The van der Waals surface area contributed by atoms with Crippen molar-refractivity contribution in [3.63, 3.8) is 0 Å². The number of terminal acetylenes is 1. The SMILES string of the molecule is C#CC(CCCCC)[Si](C)(C)C. The maximum absolute atomic E-state index is 5.53. The van der Waals surface area contributed by atoms with E-state index in [0.29, 0.717) is 5.54 Å². The molecule has 0 saturated heterocycles. The molecule has 12 heavy (non-hydrogen) atoms. The molecular weight excluding hydrogens is 160 g/mol. The van der Waals surface area contributed by atoms with Crippen LogP contribution < -0.4 is 0 Å². The minimum Gasteiger partial charge on any atom is -0.120 e. The fourth-order valence-corrected chi connectivity index (χ4v) is 2.93. The fraction of sp³-hybridized carbons (Fsp3) is 0.818. The van der Waals surface area contributed by atoms with Crippen LogP contribution in [-0.2, 0) is 0 Å². The lowest BCUT2D eigenvalue weighted by molar-refractivity contribution is 0.671. The summed E-state index contributed by atoms with van der Waals surface area (Å²) in [6.45, 7) is 9.33. The van der Waals surface area contributed by atoms with Gasteiger partial charge in [-0.1, -0.05) is 45.8 Å². The van der Waals surface area contributed by atoms with Crippen LogP contribution in [0.3, 0.4) is 0 Å². The van der Waals surface area contributed by atoms with Crippen LogP contribution in [0.25, 0.3) is 0 Å². The summed E-state index contributed by atoms with van der Waals surface area (Å²) in [5.41, 5.74) is 0.587. The van der Waals surface area contributed by atoms with Gasteiger partial charge in [-0.2, -0.15) is 0 Å². The minimum atomic E-state index is -1.07. The maximum Gasteiger partial charge on any atom is 0.0612 e. The molecule has 0 heterocycles. The summed E-state index contributed by atoms with van der Waals surface area (Å²) in [4.78, 5) is 0. The van der Waals surface area contributed by atoms with E-state index in [0.717, 1.165) is 0 Å². The second kappa shape index (κ2) is 5.43. The quantitative estimate of drug-likeness (QED) is 0.343. The van der Waals surface area contributed by atoms with Gasteiger partial charge in [0.25, 0.3) is 0 Å². The molecule has 0 rings (SSSR count). The number of rotatable bonds is 5. The molecule has 0 aromatic heterocycles. The highest BCUT2D eigenvalue weighted by atomic mass is 28.3. The van der Waals surface area contributed by atoms with Crippen molar-refractivity contribution < 1.29 is 0 Å². The first-order valence-electron chi connectivity index (χ1n) is 4.98. The monoisotopic (exact) mass is 182 g/mol. The molecule has 0 aromatic carbocycles. The number of hydrogen-bond donors (Lipinski definition) is 0. The Morgan fingerprint density at radius 1 is 1.25 bits per heavy atom. The van der Waals surface area contributed by atoms with E-state index in [4.69, 9.17) is 6.42 Å². The van der Waals surface area contributed by atoms with Crippen molar-refractivity contribution in [2.45, 2.75) is 57.8 Å². The molecule has 0 spiro atoms. The first kappa shape index (κ1) is 11.8. The molecule has 0 aliphatic rings. The summed E-state index contributed by atoms with van der Waals surface area (Å²) >= 11 is 0. The van der Waals surface area contributed by atoms with Crippen molar-refractivity contribution in [1.29, 1.82) is 0 Å². The average Bonchev–Trinajstić information content (AvgIpc) is 1.95. The molecule has 0 fully saturated rings. The standard InChI is InChI=1S/C11H22Si/c1-6-8-9-10-11(7-2)12(3,4)5/h2,11H,6,8-10H2,1,3-5H3. The van der Waals surface area contributed by atoms with Crippen LogP contribution in [0.5, 0.6) is 0 Å². The summed E-state index contributed by atoms with van der Waals surface area (Å²) in [6.07, 6.45) is 10.7. The van der Waals surface area contributed by atoms with Gasteiger partial charge in [0.1, 0.15) is 0 Å². The fourth-order valence-electron chi connectivity index (χ4n) is 1.36. The van der Waals surface area contributed by atoms with Crippen molar-refractivity contribution in [1.82, 2.24) is 0 Å². The molecule has 70 valence electrons. The normalized spacial score (nSPS) is 13.9. The smallest absolute Gasteiger partial charge is 0.0612 e. The Bertz CT molecular complexity index is 147. The first-order valence-corrected chi connectivity index (χ1v) is 8.56. The van der Waals surface area contributed by atoms with E-state index in [2.05, 4.69) is 32.5 Å². The maximum atomic E-state index is 5.53. The highest BCUT2D eigenvalue weighted by Gasteiger charge is 2.23. The van der Waals surface area contributed by atoms with Crippen molar-refractivity contribution in [3.05, 3.63) is 0 Å². The second-order valence-corrected chi connectivity index (χ2v) is 10.0. The van der Waals surface area contributed by atoms with E-state index in [9.17, 15) is 0 Å². The predicted molar refractivity (Wildman–Crippen MR) is 60.1 cm³/mol. The molecule has 1 heteroatoms. The molecule has 0 aromatic rings. The van der Waals surface area contributed by atoms with Crippen molar-refractivity contribution in [2.75, 3.05) is 0 Å². The van der Waals surface area contributed by atoms with Crippen LogP contribution in [0, 0.1) is 12.3 Å². The molecule has 0 aliphatic heterocycles. The molecule has 0 bridgehead atoms. The third-order valence-corrected chi connectivity index (χ3v) is 4.89. The number of hydrogen-bond acceptors (Lipinski definition) is 0. The van der Waals surface area contributed by atoms with Crippen LogP contribution in [0.15, 0.2) is 0 Å². The van der Waals surface area contributed by atoms with Crippen molar-refractivity contribution >= 4 is 8.07 Å².